The molecule has 2 N–H and O–H groups in total. The van der Waals surface area contributed by atoms with Crippen LogP contribution in [0.15, 0.2) is 84.1 Å². The van der Waals surface area contributed by atoms with Crippen molar-refractivity contribution in [2.75, 3.05) is 6.54 Å². The Morgan fingerprint density at radius 3 is 2.31 bits per heavy atom. The Kier molecular flexibility index (Phi) is 11.6. The van der Waals surface area contributed by atoms with Crippen LogP contribution in [-0.4, -0.2) is 40.6 Å². The molecule has 1 saturated carbocycles. The largest absolute Gasteiger partial charge is 0.351 e. The number of halogens is 2. The van der Waals surface area contributed by atoms with Gasteiger partial charge in [-0.05, 0) is 89.4 Å². The molecule has 1 aliphatic heterocycles. The maximum atomic E-state index is 14.2. The van der Waals surface area contributed by atoms with E-state index in [-0.39, 0.29) is 29.7 Å². The first-order valence-electron chi connectivity index (χ1n) is 15.5. The third-order valence-electron chi connectivity index (χ3n) is 9.17. The highest BCUT2D eigenvalue weighted by atomic mass is 19.1. The van der Waals surface area contributed by atoms with Crippen molar-refractivity contribution in [3.8, 4) is 0 Å². The summed E-state index contributed by atoms with van der Waals surface area (Å²) in [6.45, 7) is 8.51. The quantitative estimate of drug-likeness (QED) is 0.166. The minimum absolute atomic E-state index is 0.0388. The lowest BCUT2D eigenvalue weighted by Gasteiger charge is -2.47. The van der Waals surface area contributed by atoms with E-state index < -0.39 is 41.1 Å². The summed E-state index contributed by atoms with van der Waals surface area (Å²) in [5, 5.41) is 23.0. The van der Waals surface area contributed by atoms with Crippen molar-refractivity contribution in [2.24, 2.45) is 52.9 Å². The highest BCUT2D eigenvalue weighted by molar-refractivity contribution is 6.46. The second kappa shape index (κ2) is 15.6. The molecule has 17 heteroatoms. The number of benzene rings is 2. The van der Waals surface area contributed by atoms with Crippen LogP contribution in [0.3, 0.4) is 0 Å². The van der Waals surface area contributed by atoms with Crippen LogP contribution < -0.4 is 5.32 Å². The molecule has 2 aromatic carbocycles. The van der Waals surface area contributed by atoms with Gasteiger partial charge in [-0.15, -0.1) is 0 Å². The SMILES string of the molecule is CCC(C)(C)C1CCC2(CC1)N=C(c1cc(F)cc(F)c1)C(=O)N2[C@H](C)c1ccc(C(=O)NCCC(=O)ON=NN=NN=NN=N)cc1. The van der Waals surface area contributed by atoms with Crippen LogP contribution in [0.5, 0.6) is 0 Å². The summed E-state index contributed by atoms with van der Waals surface area (Å²) in [6, 6.07) is 9.27. The summed E-state index contributed by atoms with van der Waals surface area (Å²) >= 11 is 0. The molecule has 2 aromatic rings. The standard InChI is InChI=1S/C31H37F2N11O4/c1-5-30(3,4)23-10-13-31(14-11-23)36-27(22-16-24(32)18-25(33)17-22)29(47)44(31)19(2)20-6-8-21(9-7-20)28(46)35-15-12-26(45)48-43-42-41-40-39-38-37-34/h6-9,16-19,23,34H,5,10-15H2,1-4H3,(H,35,46)/t19-,23?,31?/m1/s1. The van der Waals surface area contributed by atoms with Gasteiger partial charge in [0.2, 0.25) is 0 Å². The van der Waals surface area contributed by atoms with E-state index >= 15 is 0 Å². The van der Waals surface area contributed by atoms with Gasteiger partial charge in [-0.2, -0.15) is 5.53 Å². The minimum Gasteiger partial charge on any atom is -0.351 e. The Morgan fingerprint density at radius 2 is 1.69 bits per heavy atom. The third-order valence-corrected chi connectivity index (χ3v) is 9.17. The fourth-order valence-electron chi connectivity index (χ4n) is 6.17. The molecule has 2 amide bonds. The molecule has 1 spiro atoms. The molecule has 0 saturated heterocycles. The first kappa shape index (κ1) is 35.6. The highest BCUT2D eigenvalue weighted by Crippen LogP contribution is 2.50. The predicted octanol–water partition coefficient (Wildman–Crippen LogP) is 7.39. The van der Waals surface area contributed by atoms with Crippen LogP contribution in [0.25, 0.3) is 0 Å². The zero-order chi connectivity index (χ0) is 34.9. The number of nitrogens with zero attached hydrogens (tertiary/aromatic N) is 9. The lowest BCUT2D eigenvalue weighted by Crippen LogP contribution is -2.51. The fraction of sp³-hybridized carbons (Fsp3) is 0.484. The van der Waals surface area contributed by atoms with Crippen molar-refractivity contribution in [1.29, 1.82) is 5.53 Å². The van der Waals surface area contributed by atoms with Gasteiger partial charge in [-0.25, -0.2) is 13.6 Å². The van der Waals surface area contributed by atoms with Gasteiger partial charge in [-0.1, -0.05) is 39.3 Å². The molecule has 0 radical (unpaired) electrons. The average molecular weight is 666 g/mol. The fourth-order valence-corrected chi connectivity index (χ4v) is 6.17. The number of carbonyl (C=O) groups excluding carboxylic acids is 3. The summed E-state index contributed by atoms with van der Waals surface area (Å²) in [6.07, 6.45) is 3.74. The van der Waals surface area contributed by atoms with Gasteiger partial charge >= 0.3 is 5.97 Å². The van der Waals surface area contributed by atoms with Gasteiger partial charge in [-0.3, -0.25) is 19.4 Å². The van der Waals surface area contributed by atoms with E-state index in [1.54, 1.807) is 29.2 Å². The number of nitrogens with one attached hydrogen (secondary N) is 2. The number of hydrogen-bond donors (Lipinski definition) is 2. The Hall–Kier alpha value is -5.22. The Balaban J connectivity index is 1.44. The Morgan fingerprint density at radius 1 is 1.06 bits per heavy atom. The van der Waals surface area contributed by atoms with Gasteiger partial charge < -0.3 is 10.2 Å². The maximum absolute atomic E-state index is 14.2. The van der Waals surface area contributed by atoms with E-state index in [1.165, 1.54) is 0 Å². The van der Waals surface area contributed by atoms with Crippen LogP contribution in [-0.2, 0) is 14.4 Å². The molecular formula is C31H37F2N11O4. The number of amides is 2. The van der Waals surface area contributed by atoms with Crippen molar-refractivity contribution >= 4 is 23.5 Å². The van der Waals surface area contributed by atoms with Gasteiger partial charge in [0.05, 0.1) is 17.7 Å². The molecule has 15 nitrogen and oxygen atoms in total. The van der Waals surface area contributed by atoms with E-state index in [1.807, 2.05) is 6.92 Å². The summed E-state index contributed by atoms with van der Waals surface area (Å²) in [5.41, 5.74) is 6.84. The summed E-state index contributed by atoms with van der Waals surface area (Å²) in [7, 11) is 0. The minimum atomic E-state index is -0.869. The van der Waals surface area contributed by atoms with Crippen LogP contribution in [0, 0.1) is 28.5 Å². The molecule has 1 atom stereocenters. The van der Waals surface area contributed by atoms with Crippen molar-refractivity contribution in [2.45, 2.75) is 77.9 Å². The van der Waals surface area contributed by atoms with E-state index in [0.29, 0.717) is 24.3 Å². The predicted molar refractivity (Wildman–Crippen MR) is 166 cm³/mol. The Labute approximate surface area is 275 Å². The topological polar surface area (TPSA) is 198 Å². The van der Waals surface area contributed by atoms with Crippen molar-refractivity contribution in [3.63, 3.8) is 0 Å². The molecule has 48 heavy (non-hydrogen) atoms. The Bertz CT molecular complexity index is 1610. The lowest BCUT2D eigenvalue weighted by molar-refractivity contribution is -0.144. The number of carbonyl (C=O) groups is 3. The molecular weight excluding hydrogens is 628 g/mol. The van der Waals surface area contributed by atoms with Crippen LogP contribution in [0.4, 0.5) is 8.78 Å². The van der Waals surface area contributed by atoms with Crippen molar-refractivity contribution in [3.05, 3.63) is 70.8 Å². The molecule has 1 heterocycles. The van der Waals surface area contributed by atoms with Crippen LogP contribution in [0.2, 0.25) is 0 Å². The van der Waals surface area contributed by atoms with Gasteiger partial charge in [0.25, 0.3) is 11.8 Å². The van der Waals surface area contributed by atoms with Crippen LogP contribution >= 0.6 is 0 Å². The number of hydrogen-bond acceptors (Lipinski definition) is 7. The molecule has 0 unspecified atom stereocenters. The first-order chi connectivity index (χ1) is 22.9. The third kappa shape index (κ3) is 8.38. The zero-order valence-corrected chi connectivity index (χ0v) is 27.1. The van der Waals surface area contributed by atoms with Crippen molar-refractivity contribution in [1.82, 2.24) is 10.2 Å². The highest BCUT2D eigenvalue weighted by Gasteiger charge is 2.52. The molecule has 254 valence electrons. The van der Waals surface area contributed by atoms with E-state index in [4.69, 9.17) is 10.5 Å². The van der Waals surface area contributed by atoms with E-state index in [9.17, 15) is 23.2 Å². The summed E-state index contributed by atoms with van der Waals surface area (Å²) < 4.78 is 28.4. The second-order valence-electron chi connectivity index (χ2n) is 12.3. The second-order valence-corrected chi connectivity index (χ2v) is 12.3. The van der Waals surface area contributed by atoms with E-state index in [2.05, 4.69) is 67.5 Å². The zero-order valence-electron chi connectivity index (χ0n) is 27.1. The monoisotopic (exact) mass is 665 g/mol. The molecule has 1 aliphatic carbocycles. The molecule has 0 bridgehead atoms. The maximum Gasteiger partial charge on any atom is 0.338 e. The first-order valence-corrected chi connectivity index (χ1v) is 15.5. The van der Waals surface area contributed by atoms with Gasteiger partial charge in [0.1, 0.15) is 23.0 Å². The number of aliphatic imine (C=N–C) groups is 1. The van der Waals surface area contributed by atoms with E-state index in [0.717, 1.165) is 43.0 Å². The lowest BCUT2D eigenvalue weighted by atomic mass is 9.67. The number of rotatable bonds is 13. The van der Waals surface area contributed by atoms with Crippen molar-refractivity contribution < 1.29 is 28.0 Å². The van der Waals surface area contributed by atoms with Crippen LogP contribution in [0.1, 0.15) is 93.7 Å². The van der Waals surface area contributed by atoms with Gasteiger partial charge in [0, 0.05) is 39.4 Å². The summed E-state index contributed by atoms with van der Waals surface area (Å²) in [5.74, 6) is -2.75. The molecule has 1 fully saturated rings. The van der Waals surface area contributed by atoms with Gasteiger partial charge in [0.15, 0.2) is 0 Å². The summed E-state index contributed by atoms with van der Waals surface area (Å²) in [4.78, 5) is 49.7. The smallest absolute Gasteiger partial charge is 0.338 e. The average Bonchev–Trinajstić information content (AvgIpc) is 3.34. The molecule has 0 aromatic heterocycles. The normalized spacial score (nSPS) is 20.5. The molecule has 4 rings (SSSR count). The molecule has 2 aliphatic rings.